The van der Waals surface area contributed by atoms with Crippen LogP contribution >= 0.6 is 0 Å². The molecule has 0 saturated carbocycles. The first kappa shape index (κ1) is 9.74. The van der Waals surface area contributed by atoms with E-state index in [4.69, 9.17) is 0 Å². The fourth-order valence-corrected chi connectivity index (χ4v) is 1.01. The average Bonchev–Trinajstić information content (AvgIpc) is 2.18. The number of benzene rings is 1. The number of aliphatic hydroxyl groups is 1. The first-order chi connectivity index (χ1) is 6.27. The van der Waals surface area contributed by atoms with Gasteiger partial charge in [-0.3, -0.25) is 4.79 Å². The van der Waals surface area contributed by atoms with Crippen LogP contribution in [0.1, 0.15) is 23.7 Å². The zero-order chi connectivity index (χ0) is 9.68. The SMILES string of the molecule is CCC(O)Nc1ccccc1C=O. The van der Waals surface area contributed by atoms with Crippen molar-refractivity contribution in [2.24, 2.45) is 0 Å². The Morgan fingerprint density at radius 2 is 2.23 bits per heavy atom. The van der Waals surface area contributed by atoms with Crippen LogP contribution in [0.5, 0.6) is 0 Å². The number of aldehydes is 1. The summed E-state index contributed by atoms with van der Waals surface area (Å²) in [5.74, 6) is 0. The first-order valence-corrected chi connectivity index (χ1v) is 4.26. The monoisotopic (exact) mass is 179 g/mol. The molecule has 3 heteroatoms. The summed E-state index contributed by atoms with van der Waals surface area (Å²) in [6.07, 6.45) is 0.777. The molecule has 1 rings (SSSR count). The van der Waals surface area contributed by atoms with Crippen molar-refractivity contribution in [1.82, 2.24) is 0 Å². The Kier molecular flexibility index (Phi) is 3.46. The molecule has 13 heavy (non-hydrogen) atoms. The van der Waals surface area contributed by atoms with Crippen LogP contribution in [0.3, 0.4) is 0 Å². The van der Waals surface area contributed by atoms with E-state index in [9.17, 15) is 9.90 Å². The molecule has 1 unspecified atom stereocenters. The molecule has 0 aliphatic carbocycles. The normalized spacial score (nSPS) is 12.2. The van der Waals surface area contributed by atoms with Crippen LogP contribution in [0.25, 0.3) is 0 Å². The van der Waals surface area contributed by atoms with Crippen molar-refractivity contribution in [2.75, 3.05) is 5.32 Å². The third-order valence-electron chi connectivity index (χ3n) is 1.80. The van der Waals surface area contributed by atoms with Crippen molar-refractivity contribution in [3.63, 3.8) is 0 Å². The van der Waals surface area contributed by atoms with E-state index in [1.54, 1.807) is 18.2 Å². The molecule has 0 aliphatic rings. The van der Waals surface area contributed by atoms with Gasteiger partial charge in [0.2, 0.25) is 0 Å². The molecule has 0 radical (unpaired) electrons. The summed E-state index contributed by atoms with van der Waals surface area (Å²) in [5, 5.41) is 12.1. The van der Waals surface area contributed by atoms with Gasteiger partial charge in [-0.05, 0) is 18.6 Å². The summed E-state index contributed by atoms with van der Waals surface area (Å²) in [4.78, 5) is 10.6. The van der Waals surface area contributed by atoms with E-state index in [-0.39, 0.29) is 0 Å². The Balaban J connectivity index is 2.80. The third kappa shape index (κ3) is 2.56. The van der Waals surface area contributed by atoms with Crippen LogP contribution in [0.4, 0.5) is 5.69 Å². The van der Waals surface area contributed by atoms with Gasteiger partial charge in [-0.1, -0.05) is 19.1 Å². The first-order valence-electron chi connectivity index (χ1n) is 4.26. The van der Waals surface area contributed by atoms with Gasteiger partial charge >= 0.3 is 0 Å². The number of carbonyl (C=O) groups excluding carboxylic acids is 1. The number of carbonyl (C=O) groups is 1. The predicted octanol–water partition coefficient (Wildman–Crippen LogP) is 1.64. The molecule has 0 aliphatic heterocycles. The lowest BCUT2D eigenvalue weighted by Crippen LogP contribution is -2.17. The lowest BCUT2D eigenvalue weighted by Gasteiger charge is -2.13. The van der Waals surface area contributed by atoms with Crippen LogP contribution < -0.4 is 5.32 Å². The average molecular weight is 179 g/mol. The molecule has 2 N–H and O–H groups in total. The molecule has 0 saturated heterocycles. The van der Waals surface area contributed by atoms with Gasteiger partial charge in [0.1, 0.15) is 6.23 Å². The largest absolute Gasteiger partial charge is 0.374 e. The van der Waals surface area contributed by atoms with E-state index < -0.39 is 6.23 Å². The maximum atomic E-state index is 10.6. The molecular formula is C10H13NO2. The molecule has 0 heterocycles. The molecule has 0 amide bonds. The van der Waals surface area contributed by atoms with Crippen molar-refractivity contribution >= 4 is 12.0 Å². The number of para-hydroxylation sites is 1. The highest BCUT2D eigenvalue weighted by Gasteiger charge is 2.03. The zero-order valence-electron chi connectivity index (χ0n) is 7.53. The van der Waals surface area contributed by atoms with E-state index in [0.717, 1.165) is 6.29 Å². The number of rotatable bonds is 4. The van der Waals surface area contributed by atoms with Crippen molar-refractivity contribution < 1.29 is 9.90 Å². The fraction of sp³-hybridized carbons (Fsp3) is 0.300. The summed E-state index contributed by atoms with van der Waals surface area (Å²) in [7, 11) is 0. The number of nitrogens with one attached hydrogen (secondary N) is 1. The van der Waals surface area contributed by atoms with Crippen molar-refractivity contribution in [3.05, 3.63) is 29.8 Å². The quantitative estimate of drug-likeness (QED) is 0.545. The molecule has 0 bridgehead atoms. The standard InChI is InChI=1S/C10H13NO2/c1-2-10(13)11-9-6-4-3-5-8(9)7-12/h3-7,10-11,13H,2H2,1H3. The summed E-state index contributed by atoms with van der Waals surface area (Å²) in [6, 6.07) is 7.07. The Morgan fingerprint density at radius 1 is 1.54 bits per heavy atom. The highest BCUT2D eigenvalue weighted by Crippen LogP contribution is 2.13. The molecule has 0 spiro atoms. The van der Waals surface area contributed by atoms with Crippen molar-refractivity contribution in [3.8, 4) is 0 Å². The predicted molar refractivity (Wildman–Crippen MR) is 51.8 cm³/mol. The van der Waals surface area contributed by atoms with Crippen molar-refractivity contribution in [1.29, 1.82) is 0 Å². The second kappa shape index (κ2) is 4.62. The minimum atomic E-state index is -0.596. The molecule has 1 aromatic rings. The number of hydrogen-bond acceptors (Lipinski definition) is 3. The van der Waals surface area contributed by atoms with E-state index in [2.05, 4.69) is 5.32 Å². The summed E-state index contributed by atoms with van der Waals surface area (Å²) < 4.78 is 0. The fourth-order valence-electron chi connectivity index (χ4n) is 1.01. The molecule has 0 aromatic heterocycles. The maximum Gasteiger partial charge on any atom is 0.152 e. The van der Waals surface area contributed by atoms with Crippen LogP contribution in [0, 0.1) is 0 Å². The highest BCUT2D eigenvalue weighted by atomic mass is 16.3. The van der Waals surface area contributed by atoms with Crippen molar-refractivity contribution in [2.45, 2.75) is 19.6 Å². The van der Waals surface area contributed by atoms with Gasteiger partial charge in [-0.25, -0.2) is 0 Å². The van der Waals surface area contributed by atoms with Gasteiger partial charge in [0.05, 0.1) is 0 Å². The molecule has 1 aromatic carbocycles. The highest BCUT2D eigenvalue weighted by molar-refractivity contribution is 5.84. The van der Waals surface area contributed by atoms with E-state index in [1.165, 1.54) is 0 Å². The van der Waals surface area contributed by atoms with Crippen LogP contribution in [-0.4, -0.2) is 17.6 Å². The van der Waals surface area contributed by atoms with Crippen LogP contribution in [0.15, 0.2) is 24.3 Å². The van der Waals surface area contributed by atoms with E-state index >= 15 is 0 Å². The smallest absolute Gasteiger partial charge is 0.152 e. The summed E-state index contributed by atoms with van der Waals surface area (Å²) in [6.45, 7) is 1.86. The Morgan fingerprint density at radius 3 is 2.85 bits per heavy atom. The number of anilines is 1. The van der Waals surface area contributed by atoms with Crippen LogP contribution in [-0.2, 0) is 0 Å². The zero-order valence-corrected chi connectivity index (χ0v) is 7.53. The number of hydrogen-bond donors (Lipinski definition) is 2. The molecule has 70 valence electrons. The van der Waals surface area contributed by atoms with Gasteiger partial charge in [0.25, 0.3) is 0 Å². The summed E-state index contributed by atoms with van der Waals surface area (Å²) in [5.41, 5.74) is 1.24. The van der Waals surface area contributed by atoms with E-state index in [0.29, 0.717) is 17.7 Å². The lowest BCUT2D eigenvalue weighted by atomic mass is 10.2. The van der Waals surface area contributed by atoms with Gasteiger partial charge in [-0.15, -0.1) is 0 Å². The van der Waals surface area contributed by atoms with E-state index in [1.807, 2.05) is 13.0 Å². The van der Waals surface area contributed by atoms with Gasteiger partial charge in [0.15, 0.2) is 6.29 Å². The Labute approximate surface area is 77.4 Å². The topological polar surface area (TPSA) is 49.3 Å². The Hall–Kier alpha value is -1.35. The third-order valence-corrected chi connectivity index (χ3v) is 1.80. The van der Waals surface area contributed by atoms with Crippen LogP contribution in [0.2, 0.25) is 0 Å². The summed E-state index contributed by atoms with van der Waals surface area (Å²) >= 11 is 0. The van der Waals surface area contributed by atoms with Gasteiger partial charge in [-0.2, -0.15) is 0 Å². The minimum Gasteiger partial charge on any atom is -0.374 e. The second-order valence-corrected chi connectivity index (χ2v) is 2.77. The molecule has 1 atom stereocenters. The maximum absolute atomic E-state index is 10.6. The lowest BCUT2D eigenvalue weighted by molar-refractivity contribution is 0.112. The number of aliphatic hydroxyl groups excluding tert-OH is 1. The molecule has 0 fully saturated rings. The Bertz CT molecular complexity index is 286. The minimum absolute atomic E-state index is 0.565. The van der Waals surface area contributed by atoms with Gasteiger partial charge < -0.3 is 10.4 Å². The molecular weight excluding hydrogens is 166 g/mol. The molecule has 3 nitrogen and oxygen atoms in total. The van der Waals surface area contributed by atoms with Gasteiger partial charge in [0, 0.05) is 11.3 Å². The second-order valence-electron chi connectivity index (χ2n) is 2.77.